The van der Waals surface area contributed by atoms with Crippen molar-refractivity contribution in [3.05, 3.63) is 0 Å². The van der Waals surface area contributed by atoms with Gasteiger partial charge in [0.25, 0.3) is 0 Å². The Bertz CT molecular complexity index is 174. The average Bonchev–Trinajstić information content (AvgIpc) is 2.37. The first-order valence-corrected chi connectivity index (χ1v) is 9.19. The van der Waals surface area contributed by atoms with Gasteiger partial charge in [0.1, 0.15) is 0 Å². The van der Waals surface area contributed by atoms with E-state index in [0.717, 1.165) is 49.5 Å². The van der Waals surface area contributed by atoms with Gasteiger partial charge in [-0.05, 0) is 49.5 Å². The van der Waals surface area contributed by atoms with Crippen LogP contribution < -0.4 is 0 Å². The van der Waals surface area contributed by atoms with E-state index in [9.17, 15) is 5.11 Å². The number of hydrogen-bond donors (Lipinski definition) is 2. The SMILES string of the molecule is CC(C)CCCCCC(O)CCCSCCCCO. The van der Waals surface area contributed by atoms with Crippen LogP contribution in [0.3, 0.4) is 0 Å². The van der Waals surface area contributed by atoms with Gasteiger partial charge in [-0.15, -0.1) is 0 Å². The van der Waals surface area contributed by atoms with Crippen LogP contribution in [0.4, 0.5) is 0 Å². The Morgan fingerprint density at radius 3 is 2.11 bits per heavy atom. The Hall–Kier alpha value is 0.270. The number of aliphatic hydroxyl groups is 2. The summed E-state index contributed by atoms with van der Waals surface area (Å²) in [5.41, 5.74) is 0. The molecular formula is C16H34O2S. The van der Waals surface area contributed by atoms with Gasteiger partial charge < -0.3 is 10.2 Å². The van der Waals surface area contributed by atoms with Crippen molar-refractivity contribution in [2.75, 3.05) is 18.1 Å². The van der Waals surface area contributed by atoms with Gasteiger partial charge in [0, 0.05) is 6.61 Å². The third-order valence-corrected chi connectivity index (χ3v) is 4.50. The number of thioether (sulfide) groups is 1. The van der Waals surface area contributed by atoms with Crippen molar-refractivity contribution in [2.45, 2.75) is 77.7 Å². The maximum absolute atomic E-state index is 9.86. The lowest BCUT2D eigenvalue weighted by Gasteiger charge is -2.10. The molecule has 0 aliphatic heterocycles. The van der Waals surface area contributed by atoms with Crippen molar-refractivity contribution in [1.82, 2.24) is 0 Å². The molecule has 0 amide bonds. The van der Waals surface area contributed by atoms with Crippen molar-refractivity contribution in [1.29, 1.82) is 0 Å². The van der Waals surface area contributed by atoms with Crippen LogP contribution in [0.5, 0.6) is 0 Å². The Morgan fingerprint density at radius 2 is 1.42 bits per heavy atom. The van der Waals surface area contributed by atoms with Crippen LogP contribution in [-0.2, 0) is 0 Å². The lowest BCUT2D eigenvalue weighted by Crippen LogP contribution is -2.06. The van der Waals surface area contributed by atoms with E-state index in [-0.39, 0.29) is 6.10 Å². The number of aliphatic hydroxyl groups excluding tert-OH is 2. The van der Waals surface area contributed by atoms with Crippen molar-refractivity contribution in [3.8, 4) is 0 Å². The standard InChI is InChI=1S/C16H34O2S/c1-15(2)9-4-3-5-10-16(18)11-8-14-19-13-7-6-12-17/h15-18H,3-14H2,1-2H3. The van der Waals surface area contributed by atoms with Crippen LogP contribution in [0.25, 0.3) is 0 Å². The summed E-state index contributed by atoms with van der Waals surface area (Å²) in [7, 11) is 0. The number of unbranched alkanes of at least 4 members (excludes halogenated alkanes) is 3. The van der Waals surface area contributed by atoms with E-state index in [0.29, 0.717) is 6.61 Å². The van der Waals surface area contributed by atoms with E-state index < -0.39 is 0 Å². The molecule has 0 heterocycles. The minimum absolute atomic E-state index is 0.0860. The molecule has 19 heavy (non-hydrogen) atoms. The molecule has 1 atom stereocenters. The quantitative estimate of drug-likeness (QED) is 0.470. The number of rotatable bonds is 14. The predicted octanol–water partition coefficient (Wildman–Crippen LogP) is 4.24. The lowest BCUT2D eigenvalue weighted by molar-refractivity contribution is 0.150. The summed E-state index contributed by atoms with van der Waals surface area (Å²) < 4.78 is 0. The molecule has 0 spiro atoms. The molecular weight excluding hydrogens is 256 g/mol. The van der Waals surface area contributed by atoms with Crippen molar-refractivity contribution >= 4 is 11.8 Å². The second kappa shape index (κ2) is 14.7. The summed E-state index contributed by atoms with van der Waals surface area (Å²) >= 11 is 1.95. The lowest BCUT2D eigenvalue weighted by atomic mass is 10.0. The Morgan fingerprint density at radius 1 is 0.789 bits per heavy atom. The van der Waals surface area contributed by atoms with Crippen LogP contribution in [-0.4, -0.2) is 34.4 Å². The van der Waals surface area contributed by atoms with E-state index in [1.54, 1.807) is 0 Å². The predicted molar refractivity (Wildman–Crippen MR) is 86.8 cm³/mol. The van der Waals surface area contributed by atoms with Gasteiger partial charge in [-0.2, -0.15) is 11.8 Å². The molecule has 0 fully saturated rings. The smallest absolute Gasteiger partial charge is 0.0540 e. The van der Waals surface area contributed by atoms with Crippen LogP contribution in [0.15, 0.2) is 0 Å². The highest BCUT2D eigenvalue weighted by Gasteiger charge is 2.04. The normalized spacial score (nSPS) is 13.1. The summed E-state index contributed by atoms with van der Waals surface area (Å²) in [4.78, 5) is 0. The van der Waals surface area contributed by atoms with E-state index in [2.05, 4.69) is 13.8 Å². The second-order valence-corrected chi connectivity index (χ2v) is 7.10. The second-order valence-electron chi connectivity index (χ2n) is 5.87. The minimum atomic E-state index is -0.0860. The zero-order valence-corrected chi connectivity index (χ0v) is 13.8. The van der Waals surface area contributed by atoms with E-state index in [4.69, 9.17) is 5.11 Å². The maximum atomic E-state index is 9.86. The highest BCUT2D eigenvalue weighted by Crippen LogP contribution is 2.14. The molecule has 0 rings (SSSR count). The number of hydrogen-bond acceptors (Lipinski definition) is 3. The summed E-state index contributed by atoms with van der Waals surface area (Å²) in [5.74, 6) is 3.11. The molecule has 0 saturated carbocycles. The molecule has 0 bridgehead atoms. The zero-order chi connectivity index (χ0) is 14.3. The van der Waals surface area contributed by atoms with Gasteiger partial charge in [0.15, 0.2) is 0 Å². The molecule has 0 aliphatic rings. The van der Waals surface area contributed by atoms with Crippen LogP contribution >= 0.6 is 11.8 Å². The highest BCUT2D eigenvalue weighted by atomic mass is 32.2. The Balaban J connectivity index is 3.14. The van der Waals surface area contributed by atoms with Gasteiger partial charge in [0.2, 0.25) is 0 Å². The Kier molecular flexibility index (Phi) is 14.9. The third-order valence-electron chi connectivity index (χ3n) is 3.34. The van der Waals surface area contributed by atoms with Gasteiger partial charge in [0.05, 0.1) is 6.10 Å². The maximum Gasteiger partial charge on any atom is 0.0540 e. The first-order valence-electron chi connectivity index (χ1n) is 8.03. The fourth-order valence-electron chi connectivity index (χ4n) is 2.09. The molecule has 116 valence electrons. The largest absolute Gasteiger partial charge is 0.396 e. The molecule has 0 aromatic carbocycles. The fourth-order valence-corrected chi connectivity index (χ4v) is 3.08. The monoisotopic (exact) mass is 290 g/mol. The fraction of sp³-hybridized carbons (Fsp3) is 1.00. The zero-order valence-electron chi connectivity index (χ0n) is 12.9. The summed E-state index contributed by atoms with van der Waals surface area (Å²) in [5, 5.41) is 18.5. The summed E-state index contributed by atoms with van der Waals surface area (Å²) in [6.07, 6.45) is 10.1. The first-order chi connectivity index (χ1) is 9.16. The van der Waals surface area contributed by atoms with Crippen LogP contribution in [0.1, 0.15) is 71.6 Å². The van der Waals surface area contributed by atoms with Crippen molar-refractivity contribution in [3.63, 3.8) is 0 Å². The van der Waals surface area contributed by atoms with Gasteiger partial charge in [-0.25, -0.2) is 0 Å². The molecule has 3 heteroatoms. The third kappa shape index (κ3) is 16.2. The van der Waals surface area contributed by atoms with Gasteiger partial charge >= 0.3 is 0 Å². The molecule has 0 saturated heterocycles. The Labute approximate surface area is 124 Å². The van der Waals surface area contributed by atoms with E-state index in [1.165, 1.54) is 25.7 Å². The molecule has 0 radical (unpaired) electrons. The molecule has 2 nitrogen and oxygen atoms in total. The molecule has 1 unspecified atom stereocenters. The van der Waals surface area contributed by atoms with Gasteiger partial charge in [-0.1, -0.05) is 39.5 Å². The van der Waals surface area contributed by atoms with Crippen molar-refractivity contribution in [2.24, 2.45) is 5.92 Å². The van der Waals surface area contributed by atoms with Gasteiger partial charge in [-0.3, -0.25) is 0 Å². The topological polar surface area (TPSA) is 40.5 Å². The summed E-state index contributed by atoms with van der Waals surface area (Å²) in [6, 6.07) is 0. The molecule has 0 aliphatic carbocycles. The highest BCUT2D eigenvalue weighted by molar-refractivity contribution is 7.99. The summed E-state index contributed by atoms with van der Waals surface area (Å²) in [6.45, 7) is 4.86. The van der Waals surface area contributed by atoms with E-state index >= 15 is 0 Å². The first kappa shape index (κ1) is 19.3. The van der Waals surface area contributed by atoms with Crippen LogP contribution in [0.2, 0.25) is 0 Å². The average molecular weight is 291 g/mol. The van der Waals surface area contributed by atoms with Crippen LogP contribution in [0, 0.1) is 5.92 Å². The molecule has 0 aromatic rings. The minimum Gasteiger partial charge on any atom is -0.396 e. The molecule has 0 aromatic heterocycles. The van der Waals surface area contributed by atoms with Crippen molar-refractivity contribution < 1.29 is 10.2 Å². The van der Waals surface area contributed by atoms with E-state index in [1.807, 2.05) is 11.8 Å². The molecule has 2 N–H and O–H groups in total.